The maximum Gasteiger partial charge on any atom is 0.296 e. The number of nitrogens with one attached hydrogen (secondary N) is 1. The van der Waals surface area contributed by atoms with Crippen LogP contribution in [0.1, 0.15) is 10.4 Å². The zero-order chi connectivity index (χ0) is 14.7. The highest BCUT2D eigenvalue weighted by Gasteiger charge is 2.21. The van der Waals surface area contributed by atoms with Crippen LogP contribution in [0.2, 0.25) is 0 Å². The molecule has 7 heteroatoms. The Morgan fingerprint density at radius 3 is 2.35 bits per heavy atom. The number of nitro groups is 1. The van der Waals surface area contributed by atoms with E-state index in [-0.39, 0.29) is 17.0 Å². The van der Waals surface area contributed by atoms with Gasteiger partial charge in [0.15, 0.2) is 5.69 Å². The number of hydrogen-bond donors (Lipinski definition) is 3. The lowest BCUT2D eigenvalue weighted by atomic mass is 10.1. The third kappa shape index (κ3) is 2.51. The second-order valence-electron chi connectivity index (χ2n) is 3.90. The van der Waals surface area contributed by atoms with Gasteiger partial charge >= 0.3 is 0 Å². The summed E-state index contributed by atoms with van der Waals surface area (Å²) in [5.41, 5.74) is -0.801. The van der Waals surface area contributed by atoms with Crippen molar-refractivity contribution < 1.29 is 19.9 Å². The van der Waals surface area contributed by atoms with Gasteiger partial charge in [0, 0.05) is 6.07 Å². The largest absolute Gasteiger partial charge is 0.507 e. The molecule has 0 radical (unpaired) electrons. The molecule has 2 rings (SSSR count). The minimum atomic E-state index is -0.757. The summed E-state index contributed by atoms with van der Waals surface area (Å²) in [6, 6.07) is 9.41. The Kier molecular flexibility index (Phi) is 3.52. The SMILES string of the molecule is O=C(Nc1c(O)cccc1[N+](=O)[O-])c1ccccc1O. The lowest BCUT2D eigenvalue weighted by Crippen LogP contribution is -2.13. The summed E-state index contributed by atoms with van der Waals surface area (Å²) in [5, 5.41) is 32.3. The Hall–Kier alpha value is -3.09. The summed E-state index contributed by atoms with van der Waals surface area (Å²) in [6.07, 6.45) is 0. The zero-order valence-electron chi connectivity index (χ0n) is 10.1. The van der Waals surface area contributed by atoms with Gasteiger partial charge in [0.25, 0.3) is 11.6 Å². The van der Waals surface area contributed by atoms with Gasteiger partial charge in [0.05, 0.1) is 10.5 Å². The first-order valence-electron chi connectivity index (χ1n) is 5.56. The van der Waals surface area contributed by atoms with Crippen molar-refractivity contribution in [2.24, 2.45) is 0 Å². The number of para-hydroxylation sites is 2. The summed E-state index contributed by atoms with van der Waals surface area (Å²) < 4.78 is 0. The lowest BCUT2D eigenvalue weighted by Gasteiger charge is -2.08. The van der Waals surface area contributed by atoms with Crippen molar-refractivity contribution in [1.29, 1.82) is 0 Å². The Balaban J connectivity index is 2.38. The van der Waals surface area contributed by atoms with Gasteiger partial charge in [0.1, 0.15) is 11.5 Å². The van der Waals surface area contributed by atoms with Gasteiger partial charge in [-0.1, -0.05) is 18.2 Å². The van der Waals surface area contributed by atoms with Crippen LogP contribution >= 0.6 is 0 Å². The van der Waals surface area contributed by atoms with Crippen molar-refractivity contribution in [3.8, 4) is 11.5 Å². The molecule has 0 aromatic heterocycles. The molecule has 0 fully saturated rings. The normalized spacial score (nSPS) is 10.0. The minimum absolute atomic E-state index is 0.0509. The summed E-state index contributed by atoms with van der Waals surface area (Å²) >= 11 is 0. The predicted octanol–water partition coefficient (Wildman–Crippen LogP) is 2.26. The maximum atomic E-state index is 12.0. The molecule has 0 unspecified atom stereocenters. The van der Waals surface area contributed by atoms with E-state index in [1.165, 1.54) is 36.4 Å². The number of hydrogen-bond acceptors (Lipinski definition) is 5. The van der Waals surface area contributed by atoms with Crippen LogP contribution in [-0.2, 0) is 0 Å². The van der Waals surface area contributed by atoms with E-state index in [2.05, 4.69) is 5.32 Å². The fourth-order valence-corrected chi connectivity index (χ4v) is 1.66. The quantitative estimate of drug-likeness (QED) is 0.451. The van der Waals surface area contributed by atoms with Crippen molar-refractivity contribution in [1.82, 2.24) is 0 Å². The van der Waals surface area contributed by atoms with Gasteiger partial charge in [0.2, 0.25) is 0 Å². The number of nitrogens with zero attached hydrogens (tertiary/aromatic N) is 1. The van der Waals surface area contributed by atoms with E-state index in [0.717, 1.165) is 6.07 Å². The van der Waals surface area contributed by atoms with Gasteiger partial charge in [-0.15, -0.1) is 0 Å². The van der Waals surface area contributed by atoms with Crippen LogP contribution in [0.4, 0.5) is 11.4 Å². The number of benzene rings is 2. The third-order valence-electron chi connectivity index (χ3n) is 2.60. The van der Waals surface area contributed by atoms with Gasteiger partial charge in [-0.25, -0.2) is 0 Å². The van der Waals surface area contributed by atoms with Gasteiger partial charge in [-0.2, -0.15) is 0 Å². The number of aromatic hydroxyl groups is 2. The van der Waals surface area contributed by atoms with Crippen LogP contribution in [0.3, 0.4) is 0 Å². The van der Waals surface area contributed by atoms with Gasteiger partial charge in [-0.3, -0.25) is 14.9 Å². The monoisotopic (exact) mass is 274 g/mol. The number of carbonyl (C=O) groups excluding carboxylic acids is 1. The average Bonchev–Trinajstić information content (AvgIpc) is 2.41. The molecule has 0 saturated heterocycles. The number of nitro benzene ring substituents is 1. The Morgan fingerprint density at radius 1 is 1.05 bits per heavy atom. The Morgan fingerprint density at radius 2 is 1.70 bits per heavy atom. The van der Waals surface area contributed by atoms with E-state index in [0.29, 0.717) is 0 Å². The fraction of sp³-hybridized carbons (Fsp3) is 0. The zero-order valence-corrected chi connectivity index (χ0v) is 10.1. The Labute approximate surface area is 113 Å². The summed E-state index contributed by atoms with van der Waals surface area (Å²) in [7, 11) is 0. The molecule has 102 valence electrons. The van der Waals surface area contributed by atoms with Crippen molar-refractivity contribution in [2.45, 2.75) is 0 Å². The maximum absolute atomic E-state index is 12.0. The average molecular weight is 274 g/mol. The van der Waals surface area contributed by atoms with E-state index < -0.39 is 22.3 Å². The van der Waals surface area contributed by atoms with Crippen molar-refractivity contribution >= 4 is 17.3 Å². The summed E-state index contributed by atoms with van der Waals surface area (Å²) in [5.74, 6) is -1.45. The summed E-state index contributed by atoms with van der Waals surface area (Å²) in [6.45, 7) is 0. The van der Waals surface area contributed by atoms with Crippen LogP contribution < -0.4 is 5.32 Å². The number of phenols is 2. The number of amides is 1. The minimum Gasteiger partial charge on any atom is -0.507 e. The van der Waals surface area contributed by atoms with Crippen molar-refractivity contribution in [2.75, 3.05) is 5.32 Å². The molecule has 7 nitrogen and oxygen atoms in total. The van der Waals surface area contributed by atoms with Crippen molar-refractivity contribution in [3.05, 3.63) is 58.1 Å². The molecule has 0 atom stereocenters. The molecule has 0 aliphatic carbocycles. The highest BCUT2D eigenvalue weighted by atomic mass is 16.6. The molecule has 0 saturated carbocycles. The summed E-state index contributed by atoms with van der Waals surface area (Å²) in [4.78, 5) is 22.1. The number of anilines is 1. The first kappa shape index (κ1) is 13.3. The van der Waals surface area contributed by atoms with Crippen molar-refractivity contribution in [3.63, 3.8) is 0 Å². The topological polar surface area (TPSA) is 113 Å². The van der Waals surface area contributed by atoms with Crippen LogP contribution in [0.5, 0.6) is 11.5 Å². The fourth-order valence-electron chi connectivity index (χ4n) is 1.66. The molecule has 2 aromatic carbocycles. The Bertz CT molecular complexity index is 684. The van der Waals surface area contributed by atoms with E-state index in [1.807, 2.05) is 0 Å². The lowest BCUT2D eigenvalue weighted by molar-refractivity contribution is -0.384. The van der Waals surface area contributed by atoms with Gasteiger partial charge in [-0.05, 0) is 18.2 Å². The highest BCUT2D eigenvalue weighted by molar-refractivity contribution is 6.07. The van der Waals surface area contributed by atoms with Crippen LogP contribution in [-0.4, -0.2) is 21.0 Å². The standard InChI is InChI=1S/C13H10N2O5/c16-10-6-2-1-4-8(10)13(18)14-12-9(15(19)20)5-3-7-11(12)17/h1-7,16-17H,(H,14,18). The van der Waals surface area contributed by atoms with E-state index in [1.54, 1.807) is 0 Å². The molecule has 0 aliphatic rings. The van der Waals surface area contributed by atoms with Crippen LogP contribution in [0.25, 0.3) is 0 Å². The molecule has 0 bridgehead atoms. The molecule has 20 heavy (non-hydrogen) atoms. The van der Waals surface area contributed by atoms with E-state index in [9.17, 15) is 25.1 Å². The highest BCUT2D eigenvalue weighted by Crippen LogP contribution is 2.33. The second kappa shape index (κ2) is 5.27. The third-order valence-corrected chi connectivity index (χ3v) is 2.60. The molecule has 2 aromatic rings. The molecule has 0 heterocycles. The van der Waals surface area contributed by atoms with E-state index in [4.69, 9.17) is 0 Å². The number of rotatable bonds is 3. The van der Waals surface area contributed by atoms with Crippen LogP contribution in [0.15, 0.2) is 42.5 Å². The molecule has 0 spiro atoms. The first-order valence-corrected chi connectivity index (χ1v) is 5.56. The number of phenolic OH excluding ortho intramolecular Hbond substituents is 2. The molecule has 1 amide bonds. The predicted molar refractivity (Wildman–Crippen MR) is 70.8 cm³/mol. The molecular weight excluding hydrogens is 264 g/mol. The van der Waals surface area contributed by atoms with Crippen LogP contribution in [0, 0.1) is 10.1 Å². The molecule has 3 N–H and O–H groups in total. The number of carbonyl (C=O) groups is 1. The molecular formula is C13H10N2O5. The van der Waals surface area contributed by atoms with Gasteiger partial charge < -0.3 is 15.5 Å². The second-order valence-corrected chi connectivity index (χ2v) is 3.90. The molecule has 0 aliphatic heterocycles. The smallest absolute Gasteiger partial charge is 0.296 e. The van der Waals surface area contributed by atoms with E-state index >= 15 is 0 Å². The first-order chi connectivity index (χ1) is 9.50.